The van der Waals surface area contributed by atoms with Crippen molar-refractivity contribution < 1.29 is 17.9 Å². The van der Waals surface area contributed by atoms with Crippen LogP contribution >= 0.6 is 0 Å². The molecule has 1 aliphatic heterocycles. The molecule has 3 aromatic heterocycles. The van der Waals surface area contributed by atoms with Gasteiger partial charge in [-0.25, -0.2) is 18.4 Å². The molecule has 1 fully saturated rings. The van der Waals surface area contributed by atoms with Crippen LogP contribution in [0.2, 0.25) is 0 Å². The van der Waals surface area contributed by atoms with Gasteiger partial charge >= 0.3 is 0 Å². The third-order valence-electron chi connectivity index (χ3n) is 6.85. The smallest absolute Gasteiger partial charge is 0.251 e. The minimum Gasteiger partial charge on any atom is -0.383 e. The Morgan fingerprint density at radius 1 is 1.12 bits per heavy atom. The maximum Gasteiger partial charge on any atom is 0.251 e. The summed E-state index contributed by atoms with van der Waals surface area (Å²) >= 11 is 0. The minimum atomic E-state index is -3.44. The lowest BCUT2D eigenvalue weighted by molar-refractivity contribution is 0.0950. The molecule has 1 amide bonds. The molecule has 0 bridgehead atoms. The average Bonchev–Trinajstić information content (AvgIpc) is 2.95. The predicted molar refractivity (Wildman–Crippen MR) is 154 cm³/mol. The molecule has 1 aliphatic rings. The molecule has 4 aromatic rings. The van der Waals surface area contributed by atoms with Crippen LogP contribution in [0, 0.1) is 6.92 Å². The second-order valence-corrected chi connectivity index (χ2v) is 11.9. The summed E-state index contributed by atoms with van der Waals surface area (Å²) in [4.78, 5) is 29.3. The number of methoxy groups -OCH3 is 1. The lowest BCUT2D eigenvalue weighted by Gasteiger charge is -2.34. The fraction of sp³-hybridized carbons (Fsp3) is 0.310. The summed E-state index contributed by atoms with van der Waals surface area (Å²) < 4.78 is 29.4. The van der Waals surface area contributed by atoms with Gasteiger partial charge < -0.3 is 20.3 Å². The number of fused-ring (bicyclic) bond motifs is 1. The lowest BCUT2D eigenvalue weighted by atomic mass is 10.1. The second-order valence-electron chi connectivity index (χ2n) is 9.93. The van der Waals surface area contributed by atoms with E-state index in [4.69, 9.17) is 14.7 Å². The third kappa shape index (κ3) is 6.27. The van der Waals surface area contributed by atoms with Gasteiger partial charge in [-0.1, -0.05) is 12.1 Å². The van der Waals surface area contributed by atoms with Gasteiger partial charge in [-0.2, -0.15) is 0 Å². The molecule has 0 aliphatic carbocycles. The van der Waals surface area contributed by atoms with Gasteiger partial charge in [0.15, 0.2) is 9.84 Å². The zero-order chi connectivity index (χ0) is 28.3. The van der Waals surface area contributed by atoms with E-state index in [0.717, 1.165) is 54.0 Å². The van der Waals surface area contributed by atoms with Gasteiger partial charge in [0.1, 0.15) is 5.82 Å². The highest BCUT2D eigenvalue weighted by atomic mass is 32.2. The summed E-state index contributed by atoms with van der Waals surface area (Å²) in [7, 11) is -1.73. The van der Waals surface area contributed by atoms with Crippen LogP contribution in [0.1, 0.15) is 21.6 Å². The van der Waals surface area contributed by atoms with E-state index in [-0.39, 0.29) is 29.0 Å². The molecule has 208 valence electrons. The monoisotopic (exact) mass is 560 g/mol. The molecule has 40 heavy (non-hydrogen) atoms. The first-order valence-corrected chi connectivity index (χ1v) is 14.9. The van der Waals surface area contributed by atoms with E-state index < -0.39 is 9.84 Å². The number of carbonyl (C=O) groups excluding carboxylic acids is 1. The Morgan fingerprint density at radius 3 is 2.75 bits per heavy atom. The van der Waals surface area contributed by atoms with Gasteiger partial charge in [-0.05, 0) is 55.0 Å². The number of aromatic nitrogens is 3. The van der Waals surface area contributed by atoms with E-state index in [1.165, 1.54) is 6.07 Å². The number of hydrogen-bond acceptors (Lipinski definition) is 9. The van der Waals surface area contributed by atoms with Gasteiger partial charge in [-0.3, -0.25) is 9.78 Å². The van der Waals surface area contributed by atoms with Crippen LogP contribution in [0.5, 0.6) is 0 Å². The number of amides is 1. The van der Waals surface area contributed by atoms with Crippen molar-refractivity contribution in [2.24, 2.45) is 0 Å². The van der Waals surface area contributed by atoms with Crippen LogP contribution in [-0.2, 0) is 21.1 Å². The molecule has 5 rings (SSSR count). The number of rotatable bonds is 8. The number of pyridine rings is 3. The van der Waals surface area contributed by atoms with Gasteiger partial charge in [0.25, 0.3) is 5.91 Å². The Bertz CT molecular complexity index is 1660. The number of ether oxygens (including phenoxy) is 1. The van der Waals surface area contributed by atoms with Gasteiger partial charge in [0.05, 0.1) is 40.6 Å². The van der Waals surface area contributed by atoms with Crippen molar-refractivity contribution in [3.05, 3.63) is 77.6 Å². The second kappa shape index (κ2) is 11.7. The van der Waals surface area contributed by atoms with Crippen LogP contribution in [0.25, 0.3) is 22.3 Å². The van der Waals surface area contributed by atoms with Crippen molar-refractivity contribution in [1.82, 2.24) is 25.6 Å². The minimum absolute atomic E-state index is 0.144. The first-order chi connectivity index (χ1) is 19.2. The summed E-state index contributed by atoms with van der Waals surface area (Å²) in [6.07, 6.45) is 2.86. The fourth-order valence-electron chi connectivity index (χ4n) is 4.80. The van der Waals surface area contributed by atoms with Crippen LogP contribution < -0.4 is 15.5 Å². The van der Waals surface area contributed by atoms with E-state index in [0.29, 0.717) is 17.9 Å². The highest BCUT2D eigenvalue weighted by Gasteiger charge is 2.21. The number of nitrogens with zero attached hydrogens (tertiary/aromatic N) is 4. The van der Waals surface area contributed by atoms with Gasteiger partial charge in [-0.15, -0.1) is 0 Å². The van der Waals surface area contributed by atoms with Crippen molar-refractivity contribution in [3.8, 4) is 11.4 Å². The number of nitrogens with one attached hydrogen (secondary N) is 2. The SMILES string of the molecule is COCC1CN(c2cccc(-c3ccc4cnc(CNC(=O)c5ccc(C)c(S(C)(=O)=O)c5)cc4n3)n2)CCN1. The third-order valence-corrected chi connectivity index (χ3v) is 8.09. The standard InChI is InChI=1S/C29H32N6O4S/c1-19-7-8-20(13-27(19)40(3,37)38)29(36)32-16-22-14-26-21(15-31-22)9-10-25(33-26)24-5-4-6-28(34-24)35-12-11-30-23(17-35)18-39-2/h4-10,13-15,23,30H,11-12,16-18H2,1-3H3,(H,32,36). The molecule has 1 aromatic carbocycles. The van der Waals surface area contributed by atoms with Gasteiger partial charge in [0, 0.05) is 56.2 Å². The largest absolute Gasteiger partial charge is 0.383 e. The molecule has 2 N–H and O–H groups in total. The van der Waals surface area contributed by atoms with E-state index >= 15 is 0 Å². The zero-order valence-corrected chi connectivity index (χ0v) is 23.5. The molecular weight excluding hydrogens is 528 g/mol. The van der Waals surface area contributed by atoms with Crippen molar-refractivity contribution in [2.75, 3.05) is 44.5 Å². The van der Waals surface area contributed by atoms with Crippen molar-refractivity contribution in [1.29, 1.82) is 0 Å². The molecule has 0 spiro atoms. The number of carbonyl (C=O) groups is 1. The van der Waals surface area contributed by atoms with E-state index in [1.807, 2.05) is 36.4 Å². The van der Waals surface area contributed by atoms with Crippen molar-refractivity contribution in [2.45, 2.75) is 24.4 Å². The number of anilines is 1. The van der Waals surface area contributed by atoms with Crippen LogP contribution in [0.3, 0.4) is 0 Å². The highest BCUT2D eigenvalue weighted by Crippen LogP contribution is 2.23. The molecule has 0 saturated carbocycles. The number of benzene rings is 1. The molecule has 1 saturated heterocycles. The molecule has 4 heterocycles. The number of piperazine rings is 1. The summed E-state index contributed by atoms with van der Waals surface area (Å²) in [5, 5.41) is 7.16. The lowest BCUT2D eigenvalue weighted by Crippen LogP contribution is -2.52. The predicted octanol–water partition coefficient (Wildman–Crippen LogP) is 2.76. The quantitative estimate of drug-likeness (QED) is 0.334. The molecule has 0 radical (unpaired) electrons. The van der Waals surface area contributed by atoms with Crippen LogP contribution in [-0.4, -0.2) is 74.9 Å². The van der Waals surface area contributed by atoms with E-state index in [1.54, 1.807) is 32.4 Å². The molecule has 11 heteroatoms. The normalized spacial score (nSPS) is 15.8. The first kappa shape index (κ1) is 27.6. The summed E-state index contributed by atoms with van der Waals surface area (Å²) in [5.41, 5.74) is 3.76. The highest BCUT2D eigenvalue weighted by molar-refractivity contribution is 7.90. The Morgan fingerprint density at radius 2 is 1.95 bits per heavy atom. The molecular formula is C29H32N6O4S. The Balaban J connectivity index is 1.32. The van der Waals surface area contributed by atoms with Crippen molar-refractivity contribution in [3.63, 3.8) is 0 Å². The fourth-order valence-corrected chi connectivity index (χ4v) is 5.79. The maximum absolute atomic E-state index is 12.8. The summed E-state index contributed by atoms with van der Waals surface area (Å²) in [6.45, 7) is 5.06. The van der Waals surface area contributed by atoms with E-state index in [9.17, 15) is 13.2 Å². The molecule has 1 unspecified atom stereocenters. The topological polar surface area (TPSA) is 126 Å². The Kier molecular flexibility index (Phi) is 8.06. The number of sulfone groups is 1. The number of hydrogen-bond donors (Lipinski definition) is 2. The zero-order valence-electron chi connectivity index (χ0n) is 22.7. The Labute approximate surface area is 233 Å². The molecule has 1 atom stereocenters. The van der Waals surface area contributed by atoms with Crippen molar-refractivity contribution >= 4 is 32.5 Å². The van der Waals surface area contributed by atoms with E-state index in [2.05, 4.69) is 20.5 Å². The Hall–Kier alpha value is -3.93. The summed E-state index contributed by atoms with van der Waals surface area (Å²) in [6, 6.07) is 16.6. The summed E-state index contributed by atoms with van der Waals surface area (Å²) in [5.74, 6) is 0.519. The van der Waals surface area contributed by atoms with Crippen LogP contribution in [0.4, 0.5) is 5.82 Å². The first-order valence-electron chi connectivity index (χ1n) is 13.0. The van der Waals surface area contributed by atoms with Crippen LogP contribution in [0.15, 0.2) is 65.7 Å². The maximum atomic E-state index is 12.8. The number of aryl methyl sites for hydroxylation is 1. The molecule has 10 nitrogen and oxygen atoms in total. The van der Waals surface area contributed by atoms with Gasteiger partial charge in [0.2, 0.25) is 0 Å². The average molecular weight is 561 g/mol.